The van der Waals surface area contributed by atoms with Crippen LogP contribution in [0.15, 0.2) is 224 Å². The van der Waals surface area contributed by atoms with Crippen LogP contribution in [0.3, 0.4) is 0 Å². The van der Waals surface area contributed by atoms with E-state index >= 15 is 0 Å². The highest BCUT2D eigenvalue weighted by atomic mass is 15.2. The Hall–Kier alpha value is -7.16. The highest BCUT2D eigenvalue weighted by molar-refractivity contribution is 6.02. The van der Waals surface area contributed by atoms with Crippen molar-refractivity contribution in [3.8, 4) is 22.3 Å². The van der Waals surface area contributed by atoms with Gasteiger partial charge >= 0.3 is 0 Å². The predicted octanol–water partition coefficient (Wildman–Crippen LogP) is 14.7. The molecule has 1 spiro atoms. The fraction of sp³-hybridized carbons (Fsp3) is 0.0545. The van der Waals surface area contributed by atoms with Crippen molar-refractivity contribution in [1.82, 2.24) is 0 Å². The molecule has 0 aliphatic heterocycles. The van der Waals surface area contributed by atoms with Gasteiger partial charge in [-0.25, -0.2) is 0 Å². The fourth-order valence-corrected chi connectivity index (χ4v) is 9.82. The van der Waals surface area contributed by atoms with E-state index in [9.17, 15) is 0 Å². The third kappa shape index (κ3) is 5.11. The van der Waals surface area contributed by atoms with Crippen molar-refractivity contribution in [2.45, 2.75) is 18.3 Å². The predicted molar refractivity (Wildman–Crippen MR) is 238 cm³/mol. The number of hydrogen-bond acceptors (Lipinski definition) is 2. The Bertz CT molecular complexity index is 2810. The van der Waals surface area contributed by atoms with Gasteiger partial charge < -0.3 is 9.80 Å². The summed E-state index contributed by atoms with van der Waals surface area (Å²) in [5, 5.41) is 0. The van der Waals surface area contributed by atoms with E-state index in [2.05, 4.69) is 228 Å². The molecule has 8 aromatic carbocycles. The molecule has 3 aliphatic carbocycles. The van der Waals surface area contributed by atoms with Gasteiger partial charge in [0.1, 0.15) is 0 Å². The van der Waals surface area contributed by atoms with E-state index in [1.54, 1.807) is 0 Å². The summed E-state index contributed by atoms with van der Waals surface area (Å²) in [6.45, 7) is 0. The van der Waals surface area contributed by atoms with E-state index in [0.717, 1.165) is 47.0 Å². The zero-order valence-corrected chi connectivity index (χ0v) is 31.6. The second-order valence-corrected chi connectivity index (χ2v) is 15.1. The first-order chi connectivity index (χ1) is 28.3. The minimum atomic E-state index is -0.408. The lowest BCUT2D eigenvalue weighted by molar-refractivity contribution is 0.782. The lowest BCUT2D eigenvalue weighted by atomic mass is 9.69. The van der Waals surface area contributed by atoms with E-state index in [0.29, 0.717) is 0 Å². The SMILES string of the molecule is C1=C2C(=CCC1)C1(c3ccccc32)c2ccccc2-c2ccc(N(c3ccccc3-c3ccccc3)c3ccccc3N(c3ccccc3)c3ccccc3)cc21. The molecule has 270 valence electrons. The Balaban J connectivity index is 1.21. The van der Waals surface area contributed by atoms with Gasteiger partial charge in [0.25, 0.3) is 0 Å². The molecule has 11 rings (SSSR count). The lowest BCUT2D eigenvalue weighted by Crippen LogP contribution is -2.27. The van der Waals surface area contributed by atoms with Crippen LogP contribution >= 0.6 is 0 Å². The summed E-state index contributed by atoms with van der Waals surface area (Å²) >= 11 is 0. The minimum absolute atomic E-state index is 0.408. The highest BCUT2D eigenvalue weighted by Gasteiger charge is 2.53. The molecule has 0 aromatic heterocycles. The van der Waals surface area contributed by atoms with E-state index in [4.69, 9.17) is 0 Å². The summed E-state index contributed by atoms with van der Waals surface area (Å²) in [6.07, 6.45) is 7.12. The number of hydrogen-bond donors (Lipinski definition) is 0. The Morgan fingerprint density at radius 1 is 0.333 bits per heavy atom. The molecule has 0 saturated heterocycles. The Morgan fingerprint density at radius 3 is 1.51 bits per heavy atom. The normalized spacial score (nSPS) is 15.9. The Kier molecular flexibility index (Phi) is 7.89. The third-order valence-electron chi connectivity index (χ3n) is 12.1. The number of fused-ring (bicyclic) bond motifs is 10. The van der Waals surface area contributed by atoms with Crippen LogP contribution in [0.5, 0.6) is 0 Å². The van der Waals surface area contributed by atoms with Gasteiger partial charge in [-0.1, -0.05) is 164 Å². The summed E-state index contributed by atoms with van der Waals surface area (Å²) in [5.74, 6) is 0. The number of anilines is 6. The summed E-state index contributed by atoms with van der Waals surface area (Å²) < 4.78 is 0. The second-order valence-electron chi connectivity index (χ2n) is 15.1. The average molecular weight is 729 g/mol. The van der Waals surface area contributed by atoms with Crippen LogP contribution in [0, 0.1) is 0 Å². The molecule has 2 nitrogen and oxygen atoms in total. The maximum absolute atomic E-state index is 2.53. The van der Waals surface area contributed by atoms with Gasteiger partial charge in [0.05, 0.1) is 22.5 Å². The van der Waals surface area contributed by atoms with Gasteiger partial charge in [-0.05, 0) is 118 Å². The summed E-state index contributed by atoms with van der Waals surface area (Å²) in [6, 6.07) is 75.5. The molecular formula is C55H40N2. The number of nitrogens with zero attached hydrogens (tertiary/aromatic N) is 2. The van der Waals surface area contributed by atoms with Gasteiger partial charge in [0.15, 0.2) is 0 Å². The zero-order valence-electron chi connectivity index (χ0n) is 31.6. The first kappa shape index (κ1) is 33.2. The van der Waals surface area contributed by atoms with Crippen molar-refractivity contribution in [3.63, 3.8) is 0 Å². The van der Waals surface area contributed by atoms with Crippen LogP contribution in [-0.4, -0.2) is 0 Å². The first-order valence-electron chi connectivity index (χ1n) is 20.0. The number of benzene rings is 8. The highest BCUT2D eigenvalue weighted by Crippen LogP contribution is 2.65. The smallest absolute Gasteiger partial charge is 0.0723 e. The molecule has 57 heavy (non-hydrogen) atoms. The fourth-order valence-electron chi connectivity index (χ4n) is 9.82. The molecule has 0 N–H and O–H groups in total. The number of para-hydroxylation sites is 5. The van der Waals surface area contributed by atoms with Crippen molar-refractivity contribution >= 4 is 39.7 Å². The molecular weight excluding hydrogens is 689 g/mol. The molecule has 0 fully saturated rings. The largest absolute Gasteiger partial charge is 0.308 e. The topological polar surface area (TPSA) is 6.48 Å². The van der Waals surface area contributed by atoms with Crippen molar-refractivity contribution in [2.24, 2.45) is 0 Å². The third-order valence-corrected chi connectivity index (χ3v) is 12.1. The average Bonchev–Trinajstić information content (AvgIpc) is 3.76. The van der Waals surface area contributed by atoms with Crippen molar-refractivity contribution in [3.05, 3.63) is 246 Å². The molecule has 1 unspecified atom stereocenters. The van der Waals surface area contributed by atoms with Crippen LogP contribution < -0.4 is 9.80 Å². The second kappa shape index (κ2) is 13.5. The van der Waals surface area contributed by atoms with Crippen LogP contribution in [0.4, 0.5) is 34.1 Å². The zero-order chi connectivity index (χ0) is 37.8. The maximum atomic E-state index is 2.53. The maximum Gasteiger partial charge on any atom is 0.0723 e. The van der Waals surface area contributed by atoms with Crippen LogP contribution in [0.25, 0.3) is 27.8 Å². The van der Waals surface area contributed by atoms with Crippen LogP contribution in [-0.2, 0) is 5.41 Å². The summed E-state index contributed by atoms with van der Waals surface area (Å²) in [5.41, 5.74) is 19.4. The van der Waals surface area contributed by atoms with Crippen molar-refractivity contribution in [1.29, 1.82) is 0 Å². The van der Waals surface area contributed by atoms with Gasteiger partial charge in [-0.15, -0.1) is 0 Å². The van der Waals surface area contributed by atoms with Gasteiger partial charge in [0.2, 0.25) is 0 Å². The number of allylic oxidation sites excluding steroid dienone is 4. The molecule has 2 heteroatoms. The summed E-state index contributed by atoms with van der Waals surface area (Å²) in [7, 11) is 0. The summed E-state index contributed by atoms with van der Waals surface area (Å²) in [4.78, 5) is 4.88. The molecule has 0 radical (unpaired) electrons. The molecule has 0 amide bonds. The molecule has 8 aromatic rings. The van der Waals surface area contributed by atoms with E-state index in [1.165, 1.54) is 55.7 Å². The molecule has 0 bridgehead atoms. The van der Waals surface area contributed by atoms with Crippen molar-refractivity contribution in [2.75, 3.05) is 9.80 Å². The lowest BCUT2D eigenvalue weighted by Gasteiger charge is -2.35. The molecule has 1 atom stereocenters. The first-order valence-corrected chi connectivity index (χ1v) is 20.0. The van der Waals surface area contributed by atoms with Crippen LogP contribution in [0.2, 0.25) is 0 Å². The standard InChI is InChI=1S/C55H40N2/c1-4-20-39(21-5-1)43-26-13-17-33-52(43)57(54-35-19-18-34-53(54)56(40-22-6-2-7-23-40)41-24-8-3-9-25-41)42-36-37-47-46-29-12-16-32-50(46)55(51(47)38-42)48-30-14-10-27-44(48)45-28-11-15-31-49(45)55/h1-10,12-14,16-38H,11,15H2. The van der Waals surface area contributed by atoms with Crippen LogP contribution in [0.1, 0.15) is 35.1 Å². The van der Waals surface area contributed by atoms with Gasteiger partial charge in [-0.3, -0.25) is 0 Å². The van der Waals surface area contributed by atoms with Gasteiger partial charge in [0, 0.05) is 22.6 Å². The minimum Gasteiger partial charge on any atom is -0.308 e. The molecule has 0 saturated carbocycles. The Labute approximate surface area is 335 Å². The van der Waals surface area contributed by atoms with Gasteiger partial charge in [-0.2, -0.15) is 0 Å². The molecule has 0 heterocycles. The quantitative estimate of drug-likeness (QED) is 0.161. The van der Waals surface area contributed by atoms with Crippen molar-refractivity contribution < 1.29 is 0 Å². The monoisotopic (exact) mass is 728 g/mol. The Morgan fingerprint density at radius 2 is 0.825 bits per heavy atom. The molecule has 3 aliphatic rings. The number of rotatable bonds is 7. The van der Waals surface area contributed by atoms with E-state index in [-0.39, 0.29) is 0 Å². The van der Waals surface area contributed by atoms with E-state index < -0.39 is 5.41 Å². The van der Waals surface area contributed by atoms with E-state index in [1.807, 2.05) is 0 Å².